The highest BCUT2D eigenvalue weighted by molar-refractivity contribution is 6.26. The monoisotopic (exact) mass is 427 g/mol. The highest BCUT2D eigenvalue weighted by atomic mass is 16.2. The zero-order chi connectivity index (χ0) is 22.6. The first-order chi connectivity index (χ1) is 15.6. The number of benzene rings is 3. The van der Waals surface area contributed by atoms with Gasteiger partial charge in [-0.3, -0.25) is 9.59 Å². The summed E-state index contributed by atoms with van der Waals surface area (Å²) >= 11 is 0. The standard InChI is InChI=1S/C27H29N3O2/c1-3-4-20-27(21-28(2)22-14-8-5-9-15-22)25(31)29(23-16-10-6-11-17-23)30(26(27)32)24-18-12-7-13-19-24/h5-19H,3-4,20-21H2,1-2H3. The van der Waals surface area contributed by atoms with Gasteiger partial charge in [-0.25, -0.2) is 10.0 Å². The molecule has 0 N–H and O–H groups in total. The number of unbranched alkanes of at least 4 members (excludes halogenated alkanes) is 1. The van der Waals surface area contributed by atoms with Crippen LogP contribution in [0.25, 0.3) is 0 Å². The molecule has 0 aromatic heterocycles. The molecule has 0 atom stereocenters. The number of hydrazine groups is 1. The number of para-hydroxylation sites is 3. The number of carbonyl (C=O) groups is 2. The fourth-order valence-electron chi connectivity index (χ4n) is 4.37. The summed E-state index contributed by atoms with van der Waals surface area (Å²) in [7, 11) is 1.95. The highest BCUT2D eigenvalue weighted by Crippen LogP contribution is 2.42. The summed E-state index contributed by atoms with van der Waals surface area (Å²) in [6, 6.07) is 28.8. The van der Waals surface area contributed by atoms with Crippen LogP contribution in [0, 0.1) is 5.41 Å². The zero-order valence-electron chi connectivity index (χ0n) is 18.6. The molecule has 0 aliphatic carbocycles. The second-order valence-corrected chi connectivity index (χ2v) is 8.28. The maximum atomic E-state index is 14.1. The Kier molecular flexibility index (Phi) is 6.26. The van der Waals surface area contributed by atoms with E-state index in [2.05, 4.69) is 6.92 Å². The van der Waals surface area contributed by atoms with Crippen LogP contribution < -0.4 is 14.9 Å². The third-order valence-corrected chi connectivity index (χ3v) is 6.07. The van der Waals surface area contributed by atoms with Crippen molar-refractivity contribution in [2.75, 3.05) is 28.5 Å². The second-order valence-electron chi connectivity index (χ2n) is 8.28. The summed E-state index contributed by atoms with van der Waals surface area (Å²) < 4.78 is 0. The van der Waals surface area contributed by atoms with Gasteiger partial charge in [-0.2, -0.15) is 0 Å². The van der Waals surface area contributed by atoms with Gasteiger partial charge in [0.25, 0.3) is 11.8 Å². The molecule has 1 saturated heterocycles. The molecule has 1 aliphatic rings. The van der Waals surface area contributed by atoms with Crippen molar-refractivity contribution < 1.29 is 9.59 Å². The van der Waals surface area contributed by atoms with Gasteiger partial charge in [0.15, 0.2) is 0 Å². The Morgan fingerprint density at radius 1 is 0.719 bits per heavy atom. The van der Waals surface area contributed by atoms with Crippen molar-refractivity contribution in [1.29, 1.82) is 0 Å². The average molecular weight is 428 g/mol. The Labute approximate surface area is 189 Å². The maximum absolute atomic E-state index is 14.1. The largest absolute Gasteiger partial charge is 0.373 e. The molecule has 5 nitrogen and oxygen atoms in total. The van der Waals surface area contributed by atoms with Crippen molar-refractivity contribution in [3.63, 3.8) is 0 Å². The van der Waals surface area contributed by atoms with Crippen molar-refractivity contribution in [2.45, 2.75) is 26.2 Å². The van der Waals surface area contributed by atoms with Gasteiger partial charge in [0.2, 0.25) is 0 Å². The van der Waals surface area contributed by atoms with Gasteiger partial charge in [0, 0.05) is 19.3 Å². The van der Waals surface area contributed by atoms with E-state index in [1.807, 2.05) is 103 Å². The summed E-state index contributed by atoms with van der Waals surface area (Å²) in [6.07, 6.45) is 2.21. The third-order valence-electron chi connectivity index (χ3n) is 6.07. The lowest BCUT2D eigenvalue weighted by Crippen LogP contribution is -2.46. The van der Waals surface area contributed by atoms with E-state index in [1.165, 1.54) is 0 Å². The predicted octanol–water partition coefficient (Wildman–Crippen LogP) is 5.29. The normalized spacial score (nSPS) is 15.3. The van der Waals surface area contributed by atoms with Crippen molar-refractivity contribution >= 4 is 28.9 Å². The van der Waals surface area contributed by atoms with E-state index in [1.54, 1.807) is 10.0 Å². The molecule has 0 radical (unpaired) electrons. The van der Waals surface area contributed by atoms with Gasteiger partial charge < -0.3 is 4.90 Å². The van der Waals surface area contributed by atoms with E-state index >= 15 is 0 Å². The molecule has 32 heavy (non-hydrogen) atoms. The molecule has 3 aromatic rings. The van der Waals surface area contributed by atoms with Crippen LogP contribution >= 0.6 is 0 Å². The van der Waals surface area contributed by atoms with Crippen LogP contribution in [0.5, 0.6) is 0 Å². The summed E-state index contributed by atoms with van der Waals surface area (Å²) in [6.45, 7) is 2.41. The minimum atomic E-state index is -1.16. The van der Waals surface area contributed by atoms with Gasteiger partial charge in [0.05, 0.1) is 11.4 Å². The molecule has 0 saturated carbocycles. The molecule has 3 aromatic carbocycles. The van der Waals surface area contributed by atoms with E-state index in [9.17, 15) is 9.59 Å². The summed E-state index contributed by atoms with van der Waals surface area (Å²) in [5.41, 5.74) is 1.20. The first kappa shape index (κ1) is 21.6. The molecular weight excluding hydrogens is 398 g/mol. The lowest BCUT2D eigenvalue weighted by molar-refractivity contribution is -0.134. The van der Waals surface area contributed by atoms with Crippen molar-refractivity contribution in [3.8, 4) is 0 Å². The average Bonchev–Trinajstić information content (AvgIpc) is 3.06. The van der Waals surface area contributed by atoms with Gasteiger partial charge in [-0.15, -0.1) is 0 Å². The second kappa shape index (κ2) is 9.27. The number of amides is 2. The Balaban J connectivity index is 1.81. The lowest BCUT2D eigenvalue weighted by Gasteiger charge is -2.30. The Bertz CT molecular complexity index is 997. The first-order valence-electron chi connectivity index (χ1n) is 11.1. The molecule has 164 valence electrons. The molecule has 0 spiro atoms. The summed E-state index contributed by atoms with van der Waals surface area (Å²) in [4.78, 5) is 30.3. The number of anilines is 3. The first-order valence-corrected chi connectivity index (χ1v) is 11.1. The molecule has 4 rings (SSSR count). The highest BCUT2D eigenvalue weighted by Gasteiger charge is 2.59. The Hall–Kier alpha value is -3.60. The smallest absolute Gasteiger partial charge is 0.263 e. The van der Waals surface area contributed by atoms with E-state index in [4.69, 9.17) is 0 Å². The SMILES string of the molecule is CCCCC1(CN(C)c2ccccc2)C(=O)N(c2ccccc2)N(c2ccccc2)C1=O. The van der Waals surface area contributed by atoms with Crippen LogP contribution in [-0.4, -0.2) is 25.4 Å². The van der Waals surface area contributed by atoms with Crippen molar-refractivity contribution in [3.05, 3.63) is 91.0 Å². The van der Waals surface area contributed by atoms with Crippen molar-refractivity contribution in [2.24, 2.45) is 5.41 Å². The van der Waals surface area contributed by atoms with Gasteiger partial charge in [0.1, 0.15) is 5.41 Å². The molecular formula is C27H29N3O2. The van der Waals surface area contributed by atoms with Gasteiger partial charge in [-0.05, 0) is 42.8 Å². The predicted molar refractivity (Wildman–Crippen MR) is 130 cm³/mol. The van der Waals surface area contributed by atoms with Gasteiger partial charge >= 0.3 is 0 Å². The number of hydrogen-bond donors (Lipinski definition) is 0. The quantitative estimate of drug-likeness (QED) is 0.459. The van der Waals surface area contributed by atoms with E-state index in [0.29, 0.717) is 24.3 Å². The van der Waals surface area contributed by atoms with E-state index in [0.717, 1.165) is 18.5 Å². The van der Waals surface area contributed by atoms with Gasteiger partial charge in [-0.1, -0.05) is 74.4 Å². The molecule has 2 amide bonds. The molecule has 5 heteroatoms. The topological polar surface area (TPSA) is 43.9 Å². The Morgan fingerprint density at radius 2 is 1.16 bits per heavy atom. The Morgan fingerprint density at radius 3 is 1.59 bits per heavy atom. The van der Waals surface area contributed by atoms with Crippen LogP contribution in [0.4, 0.5) is 17.1 Å². The van der Waals surface area contributed by atoms with Crippen LogP contribution in [0.15, 0.2) is 91.0 Å². The molecule has 0 bridgehead atoms. The minimum Gasteiger partial charge on any atom is -0.373 e. The van der Waals surface area contributed by atoms with Crippen molar-refractivity contribution in [1.82, 2.24) is 0 Å². The minimum absolute atomic E-state index is 0.172. The van der Waals surface area contributed by atoms with Crippen LogP contribution in [0.3, 0.4) is 0 Å². The van der Waals surface area contributed by atoms with Crippen LogP contribution in [0.1, 0.15) is 26.2 Å². The lowest BCUT2D eigenvalue weighted by atomic mass is 9.81. The fourth-order valence-corrected chi connectivity index (χ4v) is 4.37. The molecule has 1 fully saturated rings. The number of rotatable bonds is 8. The fraction of sp³-hybridized carbons (Fsp3) is 0.259. The maximum Gasteiger partial charge on any atom is 0.263 e. The summed E-state index contributed by atoms with van der Waals surface area (Å²) in [5.74, 6) is -0.345. The molecule has 0 unspecified atom stereocenters. The van der Waals surface area contributed by atoms with Crippen LogP contribution in [0.2, 0.25) is 0 Å². The number of carbonyl (C=O) groups excluding carboxylic acids is 2. The molecule has 1 aliphatic heterocycles. The third kappa shape index (κ3) is 3.86. The number of nitrogens with zero attached hydrogens (tertiary/aromatic N) is 3. The zero-order valence-corrected chi connectivity index (χ0v) is 18.6. The molecule has 1 heterocycles. The van der Waals surface area contributed by atoms with Crippen LogP contribution in [-0.2, 0) is 9.59 Å². The number of hydrogen-bond acceptors (Lipinski definition) is 3. The van der Waals surface area contributed by atoms with E-state index < -0.39 is 5.41 Å². The van der Waals surface area contributed by atoms with E-state index in [-0.39, 0.29) is 11.8 Å². The summed E-state index contributed by atoms with van der Waals surface area (Å²) in [5, 5.41) is 3.12.